The summed E-state index contributed by atoms with van der Waals surface area (Å²) in [6.07, 6.45) is 1.45. The molecular formula is C26H15Br2ClN4O4. The molecule has 0 saturated heterocycles. The molecule has 0 aliphatic rings. The highest BCUT2D eigenvalue weighted by molar-refractivity contribution is 9.10. The highest BCUT2D eigenvalue weighted by atomic mass is 79.9. The molecule has 0 N–H and O–H groups in total. The highest BCUT2D eigenvalue weighted by Crippen LogP contribution is 2.42. The first-order valence-electron chi connectivity index (χ1n) is 10.7. The number of para-hydroxylation sites is 1. The van der Waals surface area contributed by atoms with Crippen molar-refractivity contribution >= 4 is 71.5 Å². The Labute approximate surface area is 231 Å². The maximum atomic E-state index is 13.5. The van der Waals surface area contributed by atoms with Gasteiger partial charge in [0.15, 0.2) is 23.9 Å². The lowest BCUT2D eigenvalue weighted by Crippen LogP contribution is -2.20. The minimum atomic E-state index is -0.373. The van der Waals surface area contributed by atoms with Crippen LogP contribution in [0.25, 0.3) is 33.5 Å². The second kappa shape index (κ2) is 10.4. The number of aromatic nitrogens is 2. The number of hydrogen-bond acceptors (Lipinski definition) is 7. The van der Waals surface area contributed by atoms with Crippen LogP contribution >= 0.6 is 43.5 Å². The fourth-order valence-electron chi connectivity index (χ4n) is 3.72. The van der Waals surface area contributed by atoms with Gasteiger partial charge in [-0.15, -0.1) is 0 Å². The number of nitriles is 1. The number of nitrogens with zero attached hydrogens (tertiary/aromatic N) is 4. The molecule has 3 aromatic carbocycles. The van der Waals surface area contributed by atoms with E-state index in [-0.39, 0.29) is 28.8 Å². The van der Waals surface area contributed by atoms with Crippen LogP contribution in [0.5, 0.6) is 11.5 Å². The van der Waals surface area contributed by atoms with Crippen LogP contribution < -0.4 is 15.0 Å². The van der Waals surface area contributed by atoms with E-state index in [9.17, 15) is 4.79 Å². The van der Waals surface area contributed by atoms with Gasteiger partial charge in [-0.25, -0.2) is 4.98 Å². The Kier molecular flexibility index (Phi) is 7.02. The number of hydrogen-bond donors (Lipinski definition) is 0. The monoisotopic (exact) mass is 640 g/mol. The average Bonchev–Trinajstić information content (AvgIpc) is 3.32. The predicted octanol–water partition coefficient (Wildman–Crippen LogP) is 6.78. The van der Waals surface area contributed by atoms with E-state index < -0.39 is 0 Å². The van der Waals surface area contributed by atoms with Crippen LogP contribution in [-0.2, 0) is 0 Å². The molecule has 0 aliphatic heterocycles. The normalized spacial score (nSPS) is 11.3. The van der Waals surface area contributed by atoms with Gasteiger partial charge < -0.3 is 13.9 Å². The van der Waals surface area contributed by atoms with Gasteiger partial charge >= 0.3 is 0 Å². The number of rotatable bonds is 6. The minimum absolute atomic E-state index is 0.197. The molecule has 5 aromatic rings. The van der Waals surface area contributed by atoms with Crippen LogP contribution in [-0.4, -0.2) is 29.6 Å². The summed E-state index contributed by atoms with van der Waals surface area (Å²) in [4.78, 5) is 18.2. The third kappa shape index (κ3) is 4.73. The quantitative estimate of drug-likeness (QED) is 0.189. The van der Waals surface area contributed by atoms with Crippen molar-refractivity contribution in [2.24, 2.45) is 5.10 Å². The number of benzene rings is 3. The number of fused-ring (bicyclic) bond motifs is 2. The number of methoxy groups -OCH3 is 1. The van der Waals surface area contributed by atoms with Crippen molar-refractivity contribution < 1.29 is 13.9 Å². The molecule has 0 fully saturated rings. The summed E-state index contributed by atoms with van der Waals surface area (Å²) in [5.41, 5.74) is 1.29. The molecule has 0 amide bonds. The Bertz CT molecular complexity index is 1810. The number of ether oxygens (including phenoxy) is 2. The van der Waals surface area contributed by atoms with Gasteiger partial charge in [0.2, 0.25) is 5.82 Å². The Morgan fingerprint density at radius 1 is 1.22 bits per heavy atom. The fourth-order valence-corrected chi connectivity index (χ4v) is 4.76. The lowest BCUT2D eigenvalue weighted by Gasteiger charge is -2.13. The van der Waals surface area contributed by atoms with Crippen LogP contribution in [0.2, 0.25) is 5.02 Å². The summed E-state index contributed by atoms with van der Waals surface area (Å²) >= 11 is 13.4. The molecule has 184 valence electrons. The van der Waals surface area contributed by atoms with Crippen LogP contribution in [0, 0.1) is 11.3 Å². The van der Waals surface area contributed by atoms with E-state index >= 15 is 0 Å². The molecule has 2 heterocycles. The molecule has 0 saturated carbocycles. The SMILES string of the molecule is COc1cc(C=Nn2c(-c3cc4cc(Br)ccc4o3)nc3ccccc3c2=O)c(Br)c(Cl)c1OCC#N. The Morgan fingerprint density at radius 3 is 2.81 bits per heavy atom. The summed E-state index contributed by atoms with van der Waals surface area (Å²) in [6, 6.07) is 18.0. The van der Waals surface area contributed by atoms with Crippen molar-refractivity contribution in [3.8, 4) is 29.2 Å². The maximum absolute atomic E-state index is 13.5. The molecule has 8 nitrogen and oxygen atoms in total. The molecule has 0 radical (unpaired) electrons. The molecule has 0 aliphatic carbocycles. The van der Waals surface area contributed by atoms with Crippen molar-refractivity contribution in [1.82, 2.24) is 9.66 Å². The summed E-state index contributed by atoms with van der Waals surface area (Å²) in [6.45, 7) is -0.203. The fraction of sp³-hybridized carbons (Fsp3) is 0.0769. The molecule has 0 unspecified atom stereocenters. The molecule has 37 heavy (non-hydrogen) atoms. The lowest BCUT2D eigenvalue weighted by atomic mass is 10.2. The highest BCUT2D eigenvalue weighted by Gasteiger charge is 2.19. The first-order valence-corrected chi connectivity index (χ1v) is 12.7. The zero-order valence-electron chi connectivity index (χ0n) is 19.0. The Morgan fingerprint density at radius 2 is 2.03 bits per heavy atom. The zero-order valence-corrected chi connectivity index (χ0v) is 23.0. The van der Waals surface area contributed by atoms with Crippen LogP contribution in [0.15, 0.2) is 77.9 Å². The molecule has 0 spiro atoms. The lowest BCUT2D eigenvalue weighted by molar-refractivity contribution is 0.329. The van der Waals surface area contributed by atoms with Gasteiger partial charge in [-0.1, -0.05) is 39.7 Å². The number of halogens is 3. The summed E-state index contributed by atoms with van der Waals surface area (Å²) in [5, 5.41) is 14.8. The largest absolute Gasteiger partial charge is 0.493 e. The van der Waals surface area contributed by atoms with E-state index in [4.69, 9.17) is 30.8 Å². The minimum Gasteiger partial charge on any atom is -0.493 e. The van der Waals surface area contributed by atoms with Gasteiger partial charge in [-0.05, 0) is 58.4 Å². The predicted molar refractivity (Wildman–Crippen MR) is 149 cm³/mol. The third-order valence-electron chi connectivity index (χ3n) is 5.42. The number of furan rings is 1. The molecular weight excluding hydrogens is 628 g/mol. The van der Waals surface area contributed by atoms with E-state index in [1.807, 2.05) is 30.3 Å². The van der Waals surface area contributed by atoms with Gasteiger partial charge in [0.1, 0.15) is 16.7 Å². The van der Waals surface area contributed by atoms with Gasteiger partial charge in [0.05, 0.1) is 24.2 Å². The van der Waals surface area contributed by atoms with Crippen LogP contribution in [0.4, 0.5) is 0 Å². The molecule has 0 atom stereocenters. The van der Waals surface area contributed by atoms with E-state index in [0.29, 0.717) is 38.0 Å². The van der Waals surface area contributed by atoms with Crippen molar-refractivity contribution in [2.75, 3.05) is 13.7 Å². The molecule has 11 heteroatoms. The first kappa shape index (κ1) is 25.0. The topological polar surface area (TPSA) is 103 Å². The van der Waals surface area contributed by atoms with Crippen molar-refractivity contribution in [1.29, 1.82) is 5.26 Å². The van der Waals surface area contributed by atoms with Gasteiger partial charge in [-0.2, -0.15) is 15.0 Å². The smallest absolute Gasteiger partial charge is 0.282 e. The molecule has 2 aromatic heterocycles. The summed E-state index contributed by atoms with van der Waals surface area (Å²) in [7, 11) is 1.45. The summed E-state index contributed by atoms with van der Waals surface area (Å²) in [5.74, 6) is 1.13. The average molecular weight is 643 g/mol. The molecule has 0 bridgehead atoms. The van der Waals surface area contributed by atoms with Gasteiger partial charge in [0, 0.05) is 19.9 Å². The Hall–Kier alpha value is -3.65. The van der Waals surface area contributed by atoms with Crippen molar-refractivity contribution in [2.45, 2.75) is 0 Å². The maximum Gasteiger partial charge on any atom is 0.282 e. The van der Waals surface area contributed by atoms with Crippen molar-refractivity contribution in [3.63, 3.8) is 0 Å². The summed E-state index contributed by atoms with van der Waals surface area (Å²) < 4.78 is 19.4. The zero-order chi connectivity index (χ0) is 26.1. The third-order valence-corrected chi connectivity index (χ3v) is 7.36. The second-order valence-electron chi connectivity index (χ2n) is 7.68. The van der Waals surface area contributed by atoms with E-state index in [1.165, 1.54) is 18.0 Å². The van der Waals surface area contributed by atoms with Crippen LogP contribution in [0.3, 0.4) is 0 Å². The van der Waals surface area contributed by atoms with Gasteiger partial charge in [0.25, 0.3) is 5.56 Å². The van der Waals surface area contributed by atoms with E-state index in [0.717, 1.165) is 9.86 Å². The van der Waals surface area contributed by atoms with E-state index in [2.05, 4.69) is 41.9 Å². The standard InChI is InChI=1S/C26H15Br2ClN4O4/c1-35-20-12-15(22(28)23(29)24(20)36-9-8-30)13-31-33-25(32-18-5-3-2-4-17(18)26(33)34)21-11-14-10-16(27)6-7-19(14)37-21/h2-7,10-13H,9H2,1H3. The van der Waals surface area contributed by atoms with E-state index in [1.54, 1.807) is 30.3 Å². The van der Waals surface area contributed by atoms with Gasteiger partial charge in [-0.3, -0.25) is 4.79 Å². The van der Waals surface area contributed by atoms with Crippen LogP contribution in [0.1, 0.15) is 5.56 Å². The first-order chi connectivity index (χ1) is 17.9. The second-order valence-corrected chi connectivity index (χ2v) is 9.77. The Balaban J connectivity index is 1.69. The van der Waals surface area contributed by atoms with Crippen molar-refractivity contribution in [3.05, 3.63) is 84.5 Å². The molecule has 5 rings (SSSR count).